The number of nitrogens with one attached hydrogen (secondary N) is 2. The molecule has 0 atom stereocenters. The standard InChI is InChI=1S/C16H22F3N3O.2ClH/c1-20-8-7-15(23)21-13-11-12(16(17,18)19)5-6-14(13)22-9-3-2-4-10-22;;/h5-6,11,20H,2-4,7-10H2,1H3,(H,21,23);2*1H. The van der Waals surface area contributed by atoms with Crippen LogP contribution in [-0.2, 0) is 11.0 Å². The van der Waals surface area contributed by atoms with Gasteiger partial charge < -0.3 is 15.5 Å². The lowest BCUT2D eigenvalue weighted by atomic mass is 10.1. The van der Waals surface area contributed by atoms with E-state index in [4.69, 9.17) is 0 Å². The van der Waals surface area contributed by atoms with Gasteiger partial charge in [0.15, 0.2) is 0 Å². The van der Waals surface area contributed by atoms with Crippen LogP contribution in [0, 0.1) is 0 Å². The number of carbonyl (C=O) groups is 1. The molecule has 0 aliphatic carbocycles. The third-order valence-corrected chi connectivity index (χ3v) is 3.90. The Labute approximate surface area is 158 Å². The van der Waals surface area contributed by atoms with Crippen LogP contribution in [0.1, 0.15) is 31.2 Å². The molecule has 2 rings (SSSR count). The van der Waals surface area contributed by atoms with Crippen LogP contribution < -0.4 is 15.5 Å². The van der Waals surface area contributed by atoms with E-state index < -0.39 is 11.7 Å². The molecule has 1 aliphatic rings. The lowest BCUT2D eigenvalue weighted by molar-refractivity contribution is -0.137. The molecule has 0 radical (unpaired) electrons. The van der Waals surface area contributed by atoms with E-state index >= 15 is 0 Å². The molecule has 25 heavy (non-hydrogen) atoms. The smallest absolute Gasteiger partial charge is 0.370 e. The molecule has 9 heteroatoms. The number of benzene rings is 1. The second-order valence-corrected chi connectivity index (χ2v) is 5.68. The van der Waals surface area contributed by atoms with Crippen molar-refractivity contribution in [3.63, 3.8) is 0 Å². The molecule has 1 fully saturated rings. The van der Waals surface area contributed by atoms with Crippen molar-refractivity contribution in [2.24, 2.45) is 0 Å². The van der Waals surface area contributed by atoms with Gasteiger partial charge in [0.1, 0.15) is 0 Å². The highest BCUT2D eigenvalue weighted by Crippen LogP contribution is 2.36. The summed E-state index contributed by atoms with van der Waals surface area (Å²) in [5.41, 5.74) is 0.153. The van der Waals surface area contributed by atoms with Gasteiger partial charge in [-0.2, -0.15) is 13.2 Å². The number of nitrogens with zero attached hydrogens (tertiary/aromatic N) is 1. The normalized spacial score (nSPS) is 14.3. The van der Waals surface area contributed by atoms with Gasteiger partial charge in [-0.3, -0.25) is 4.79 Å². The number of amides is 1. The average Bonchev–Trinajstić information content (AvgIpc) is 2.53. The van der Waals surface area contributed by atoms with Crippen LogP contribution in [0.25, 0.3) is 0 Å². The number of alkyl halides is 3. The third kappa shape index (κ3) is 6.92. The van der Waals surface area contributed by atoms with Gasteiger partial charge in [-0.05, 0) is 44.5 Å². The van der Waals surface area contributed by atoms with Crippen molar-refractivity contribution in [3.05, 3.63) is 23.8 Å². The number of hydrogen-bond donors (Lipinski definition) is 2. The van der Waals surface area contributed by atoms with Crippen molar-refractivity contribution < 1.29 is 18.0 Å². The molecule has 2 N–H and O–H groups in total. The monoisotopic (exact) mass is 401 g/mol. The molecule has 4 nitrogen and oxygen atoms in total. The molecule has 0 spiro atoms. The fourth-order valence-electron chi connectivity index (χ4n) is 2.67. The highest BCUT2D eigenvalue weighted by molar-refractivity contribution is 5.94. The van der Waals surface area contributed by atoms with Crippen LogP contribution in [0.15, 0.2) is 18.2 Å². The summed E-state index contributed by atoms with van der Waals surface area (Å²) >= 11 is 0. The Morgan fingerprint density at radius 1 is 1.16 bits per heavy atom. The van der Waals surface area contributed by atoms with Crippen molar-refractivity contribution in [2.75, 3.05) is 36.9 Å². The molecule has 1 aliphatic heterocycles. The molecule has 1 amide bonds. The molecule has 144 valence electrons. The maximum absolute atomic E-state index is 12.9. The van der Waals surface area contributed by atoms with E-state index in [2.05, 4.69) is 10.6 Å². The summed E-state index contributed by atoms with van der Waals surface area (Å²) in [5, 5.41) is 5.48. The second kappa shape index (κ2) is 10.7. The summed E-state index contributed by atoms with van der Waals surface area (Å²) in [6.07, 6.45) is -1.07. The Morgan fingerprint density at radius 2 is 1.80 bits per heavy atom. The van der Waals surface area contributed by atoms with E-state index in [1.807, 2.05) is 4.90 Å². The Balaban J connectivity index is 0.00000288. The number of carbonyl (C=O) groups excluding carboxylic acids is 1. The topological polar surface area (TPSA) is 44.4 Å². The molecule has 0 bridgehead atoms. The number of piperidine rings is 1. The van der Waals surface area contributed by atoms with E-state index in [1.54, 1.807) is 7.05 Å². The quantitative estimate of drug-likeness (QED) is 0.780. The summed E-state index contributed by atoms with van der Waals surface area (Å²) in [6.45, 7) is 2.07. The third-order valence-electron chi connectivity index (χ3n) is 3.90. The van der Waals surface area contributed by atoms with E-state index in [0.717, 1.165) is 44.5 Å². The molecule has 0 unspecified atom stereocenters. The first-order chi connectivity index (χ1) is 10.9. The summed E-state index contributed by atoms with van der Waals surface area (Å²) in [6, 6.07) is 3.57. The zero-order chi connectivity index (χ0) is 16.9. The van der Waals surface area contributed by atoms with Crippen molar-refractivity contribution in [2.45, 2.75) is 31.9 Å². The number of anilines is 2. The fraction of sp³-hybridized carbons (Fsp3) is 0.562. The Morgan fingerprint density at radius 3 is 2.36 bits per heavy atom. The van der Waals surface area contributed by atoms with Crippen LogP contribution in [-0.4, -0.2) is 32.6 Å². The molecule has 1 saturated heterocycles. The van der Waals surface area contributed by atoms with E-state index in [9.17, 15) is 18.0 Å². The minimum absolute atomic E-state index is 0. The average molecular weight is 402 g/mol. The van der Waals surface area contributed by atoms with E-state index in [-0.39, 0.29) is 42.8 Å². The Kier molecular flexibility index (Phi) is 10.2. The molecular weight excluding hydrogens is 378 g/mol. The maximum atomic E-state index is 12.9. The van der Waals surface area contributed by atoms with Gasteiger partial charge in [-0.25, -0.2) is 0 Å². The zero-order valence-electron chi connectivity index (χ0n) is 14.0. The molecule has 0 saturated carbocycles. The number of hydrogen-bond acceptors (Lipinski definition) is 3. The second-order valence-electron chi connectivity index (χ2n) is 5.68. The fourth-order valence-corrected chi connectivity index (χ4v) is 2.67. The Hall–Kier alpha value is -1.18. The summed E-state index contributed by atoms with van der Waals surface area (Å²) in [5.74, 6) is -0.295. The molecule has 1 heterocycles. The molecule has 1 aromatic rings. The van der Waals surface area contributed by atoms with Gasteiger partial charge in [-0.1, -0.05) is 0 Å². The minimum atomic E-state index is -4.43. The van der Waals surface area contributed by atoms with Crippen molar-refractivity contribution >= 4 is 42.1 Å². The molecule has 0 aromatic heterocycles. The minimum Gasteiger partial charge on any atom is -0.370 e. The largest absolute Gasteiger partial charge is 0.416 e. The predicted octanol–water partition coefficient (Wildman–Crippen LogP) is 4.09. The van der Waals surface area contributed by atoms with Gasteiger partial charge in [0.05, 0.1) is 16.9 Å². The lowest BCUT2D eigenvalue weighted by Gasteiger charge is -2.31. The molecular formula is C16H24Cl2F3N3O. The lowest BCUT2D eigenvalue weighted by Crippen LogP contribution is -2.30. The van der Waals surface area contributed by atoms with Gasteiger partial charge in [0.25, 0.3) is 0 Å². The highest BCUT2D eigenvalue weighted by atomic mass is 35.5. The van der Waals surface area contributed by atoms with Gasteiger partial charge >= 0.3 is 6.18 Å². The van der Waals surface area contributed by atoms with Gasteiger partial charge in [0.2, 0.25) is 5.91 Å². The highest BCUT2D eigenvalue weighted by Gasteiger charge is 2.31. The van der Waals surface area contributed by atoms with Crippen LogP contribution in [0.5, 0.6) is 0 Å². The van der Waals surface area contributed by atoms with E-state index in [1.165, 1.54) is 6.07 Å². The molecule has 1 aromatic carbocycles. The van der Waals surface area contributed by atoms with Crippen LogP contribution in [0.4, 0.5) is 24.5 Å². The van der Waals surface area contributed by atoms with Crippen LogP contribution >= 0.6 is 24.8 Å². The maximum Gasteiger partial charge on any atom is 0.416 e. The van der Waals surface area contributed by atoms with E-state index in [0.29, 0.717) is 12.2 Å². The van der Waals surface area contributed by atoms with Gasteiger partial charge in [0, 0.05) is 26.1 Å². The van der Waals surface area contributed by atoms with Gasteiger partial charge in [-0.15, -0.1) is 24.8 Å². The predicted molar refractivity (Wildman–Crippen MR) is 99.2 cm³/mol. The number of halogens is 5. The zero-order valence-corrected chi connectivity index (χ0v) is 15.6. The summed E-state index contributed by atoms with van der Waals surface area (Å²) < 4.78 is 38.8. The summed E-state index contributed by atoms with van der Waals surface area (Å²) in [4.78, 5) is 14.0. The first-order valence-electron chi connectivity index (χ1n) is 7.82. The van der Waals surface area contributed by atoms with Crippen molar-refractivity contribution in [3.8, 4) is 0 Å². The summed E-state index contributed by atoms with van der Waals surface area (Å²) in [7, 11) is 1.72. The first kappa shape index (κ1) is 23.8. The van der Waals surface area contributed by atoms with Crippen LogP contribution in [0.3, 0.4) is 0 Å². The number of rotatable bonds is 5. The van der Waals surface area contributed by atoms with Crippen molar-refractivity contribution in [1.82, 2.24) is 5.32 Å². The van der Waals surface area contributed by atoms with Crippen LogP contribution in [0.2, 0.25) is 0 Å². The SMILES string of the molecule is CNCCC(=O)Nc1cc(C(F)(F)F)ccc1N1CCCCC1.Cl.Cl. The first-order valence-corrected chi connectivity index (χ1v) is 7.82. The van der Waals surface area contributed by atoms with Crippen molar-refractivity contribution in [1.29, 1.82) is 0 Å². The Bertz CT molecular complexity index is 550.